The highest BCUT2D eigenvalue weighted by Gasteiger charge is 2.46. The normalized spacial score (nSPS) is 18.0. The first-order chi connectivity index (χ1) is 47.9. The molecule has 536 valence electrons. The third-order valence-corrected chi connectivity index (χ3v) is 20.4. The Kier molecular flexibility index (Phi) is 25.4. The average Bonchev–Trinajstić information content (AvgIpc) is 1.35. The van der Waals surface area contributed by atoms with Gasteiger partial charge in [-0.25, -0.2) is 9.59 Å². The third-order valence-electron chi connectivity index (χ3n) is 17.6. The molecule has 0 radical (unpaired) electrons. The van der Waals surface area contributed by atoms with E-state index in [2.05, 4.69) is 59.9 Å². The second-order valence-corrected chi connectivity index (χ2v) is 30.7. The number of nitrogens with zero attached hydrogens (tertiary/aromatic N) is 6. The van der Waals surface area contributed by atoms with E-state index in [9.17, 15) is 53.7 Å². The first kappa shape index (κ1) is 76.2. The zero-order chi connectivity index (χ0) is 73.0. The van der Waals surface area contributed by atoms with Crippen molar-refractivity contribution >= 4 is 106 Å². The number of amides is 5. The molecule has 101 heavy (non-hydrogen) atoms. The molecule has 4 N–H and O–H groups in total. The summed E-state index contributed by atoms with van der Waals surface area (Å²) in [5, 5.41) is 31.8. The molecule has 0 bridgehead atoms. The molecule has 0 spiro atoms. The highest BCUT2D eigenvalue weighted by molar-refractivity contribution is 8.00. The van der Waals surface area contributed by atoms with Crippen molar-refractivity contribution in [1.82, 2.24) is 14.7 Å². The minimum absolute atomic E-state index is 0.0152. The van der Waals surface area contributed by atoms with E-state index >= 15 is 0 Å². The summed E-state index contributed by atoms with van der Waals surface area (Å²) in [6.45, 7) is 15.4. The first-order valence-electron chi connectivity index (χ1n) is 34.1. The molecule has 0 aromatic heterocycles. The second-order valence-electron chi connectivity index (χ2n) is 28.3. The molecule has 4 atom stereocenters. The van der Waals surface area contributed by atoms with Gasteiger partial charge in [0.1, 0.15) is 29.4 Å². The lowest BCUT2D eigenvalue weighted by molar-refractivity contribution is -0.136. The van der Waals surface area contributed by atoms with Crippen LogP contribution in [0, 0.1) is 11.8 Å². The van der Waals surface area contributed by atoms with Crippen LogP contribution in [0.1, 0.15) is 117 Å². The zero-order valence-electron chi connectivity index (χ0n) is 59.0. The van der Waals surface area contributed by atoms with Crippen molar-refractivity contribution in [1.29, 1.82) is 0 Å². The SMILES string of the molecule is CC(C)(C)OC(=O)N1CC[C@H](c2cccc(-c3ccccc3)c2)[C@@H](C(=O)N(c2ccc(SCC(=O)O)c(NCC(=O)O)c2)C2CC2)C1.CC(C)(C)OC(=O)N1CC[C@H](c2cccc(-c3ccccc3)c2)[C@@H](C(=O)N(c2ccc3c(c2)N(CC(=O)O)C(=O)CS3)C2CC2)C1.CC(C)=C(Cl)N(C)C. The number of fused-ring (bicyclic) bond motifs is 1. The fourth-order valence-corrected chi connectivity index (χ4v) is 14.4. The van der Waals surface area contributed by atoms with Crippen molar-refractivity contribution < 1.29 is 63.1 Å². The molecule has 5 amide bonds. The van der Waals surface area contributed by atoms with Gasteiger partial charge in [0.15, 0.2) is 0 Å². The van der Waals surface area contributed by atoms with E-state index in [1.54, 1.807) is 39.0 Å². The van der Waals surface area contributed by atoms with Crippen LogP contribution in [0.5, 0.6) is 0 Å². The Morgan fingerprint density at radius 2 is 1.05 bits per heavy atom. The number of anilines is 4. The van der Waals surface area contributed by atoms with Crippen LogP contribution in [-0.4, -0.2) is 166 Å². The molecule has 23 heteroatoms. The minimum atomic E-state index is -1.10. The summed E-state index contributed by atoms with van der Waals surface area (Å²) in [5.41, 5.74) is 8.31. The van der Waals surface area contributed by atoms with Gasteiger partial charge in [-0.3, -0.25) is 33.7 Å². The lowest BCUT2D eigenvalue weighted by atomic mass is 9.79. The number of ether oxygens (including phenoxy) is 2. The van der Waals surface area contributed by atoms with Crippen LogP contribution in [0.3, 0.4) is 0 Å². The number of carboxylic acid groups (broad SMARTS) is 3. The molecule has 0 unspecified atom stereocenters. The van der Waals surface area contributed by atoms with Gasteiger partial charge >= 0.3 is 30.1 Å². The maximum absolute atomic E-state index is 14.8. The number of carbonyl (C=O) groups excluding carboxylic acids is 5. The lowest BCUT2D eigenvalue weighted by Gasteiger charge is -2.41. The summed E-state index contributed by atoms with van der Waals surface area (Å²) in [4.78, 5) is 115. The van der Waals surface area contributed by atoms with Crippen LogP contribution in [0.2, 0.25) is 0 Å². The number of aliphatic carboxylic acids is 3. The standard InChI is InChI=1S/C36H41N3O7S.C36H39N3O6S.C6H12ClN/c1-36(2,3)46-35(45)38-17-16-28(25-11-7-10-24(18-25)23-8-5-4-6-9-23)29(21-38)34(44)39(26-12-13-26)27-14-15-31(47-22-33(42)43)30(19-27)37-20-32(40)41;1-36(2,3)45-35(44)37-17-16-28(25-11-7-10-24(18-25)23-8-5-4-6-9-23)29(20-37)34(43)39(26-12-13-26)27-14-15-31-30(19-27)38(21-33(41)42)32(40)22-46-31;1-5(2)6(7)8(3)4/h4-11,14-15,18-19,26,28-29,37H,12-13,16-17,20-22H2,1-3H3,(H,40,41)(H,42,43);4-11,14-15,18-19,26,28-29H,12-13,16-17,20-22H2,1-3H3,(H,41,42);1-4H3/t2*28-,29+;/m11./s1. The van der Waals surface area contributed by atoms with Gasteiger partial charge in [0.05, 0.1) is 34.7 Å². The summed E-state index contributed by atoms with van der Waals surface area (Å²) < 4.78 is 11.4. The number of hydrogen-bond donors (Lipinski definition) is 4. The van der Waals surface area contributed by atoms with Gasteiger partial charge < -0.3 is 54.6 Å². The van der Waals surface area contributed by atoms with Gasteiger partial charge in [-0.05, 0) is 181 Å². The third kappa shape index (κ3) is 20.8. The van der Waals surface area contributed by atoms with E-state index in [1.165, 1.54) is 16.7 Å². The van der Waals surface area contributed by atoms with Crippen molar-refractivity contribution in [2.24, 2.45) is 11.8 Å². The predicted molar refractivity (Wildman–Crippen MR) is 398 cm³/mol. The molecule has 3 heterocycles. The molecule has 2 aliphatic carbocycles. The van der Waals surface area contributed by atoms with Crippen LogP contribution < -0.4 is 20.0 Å². The fraction of sp³-hybridized carbons (Fsp3) is 0.410. The molecule has 4 fully saturated rings. The second kappa shape index (κ2) is 33.7. The monoisotopic (exact) mass is 1430 g/mol. The number of carbonyl (C=O) groups is 8. The number of thioether (sulfide) groups is 2. The summed E-state index contributed by atoms with van der Waals surface area (Å²) >= 11 is 8.20. The zero-order valence-corrected chi connectivity index (χ0v) is 61.4. The Hall–Kier alpha value is -8.99. The van der Waals surface area contributed by atoms with Gasteiger partial charge in [0.25, 0.3) is 0 Å². The van der Waals surface area contributed by atoms with E-state index < -0.39 is 59.7 Å². The van der Waals surface area contributed by atoms with Crippen molar-refractivity contribution in [3.63, 3.8) is 0 Å². The van der Waals surface area contributed by atoms with Crippen molar-refractivity contribution in [3.8, 4) is 22.3 Å². The van der Waals surface area contributed by atoms with E-state index in [4.69, 9.17) is 21.1 Å². The molecule has 20 nitrogen and oxygen atoms in total. The quantitative estimate of drug-likeness (QED) is 0.0435. The van der Waals surface area contributed by atoms with Crippen LogP contribution in [0.25, 0.3) is 22.3 Å². The number of benzene rings is 6. The Bertz CT molecular complexity index is 4020. The molecule has 5 aliphatic rings. The number of rotatable bonds is 19. The van der Waals surface area contributed by atoms with Crippen molar-refractivity contribution in [2.75, 3.05) is 84.9 Å². The number of nitrogens with one attached hydrogen (secondary N) is 1. The Morgan fingerprint density at radius 1 is 0.584 bits per heavy atom. The van der Waals surface area contributed by atoms with Crippen molar-refractivity contribution in [2.45, 2.75) is 139 Å². The number of piperidine rings is 2. The van der Waals surface area contributed by atoms with Crippen LogP contribution in [-0.2, 0) is 38.2 Å². The van der Waals surface area contributed by atoms with Crippen LogP contribution >= 0.6 is 35.1 Å². The van der Waals surface area contributed by atoms with Gasteiger partial charge in [-0.1, -0.05) is 121 Å². The summed E-state index contributed by atoms with van der Waals surface area (Å²) in [6, 6.07) is 47.4. The number of carboxylic acids is 3. The molecular weight excluding hydrogens is 1340 g/mol. The van der Waals surface area contributed by atoms with E-state index in [0.29, 0.717) is 53.6 Å². The summed E-state index contributed by atoms with van der Waals surface area (Å²) in [6.07, 6.45) is 3.58. The molecule has 3 aliphatic heterocycles. The molecule has 2 saturated carbocycles. The number of likely N-dealkylation sites (tertiary alicyclic amines) is 2. The minimum Gasteiger partial charge on any atom is -0.481 e. The maximum Gasteiger partial charge on any atom is 0.410 e. The number of hydrogen-bond acceptors (Lipinski definition) is 14. The highest BCUT2D eigenvalue weighted by Crippen LogP contribution is 2.46. The largest absolute Gasteiger partial charge is 0.481 e. The maximum atomic E-state index is 14.8. The number of allylic oxidation sites excluding steroid dienone is 1. The fourth-order valence-electron chi connectivity index (χ4n) is 12.7. The lowest BCUT2D eigenvalue weighted by Crippen LogP contribution is -2.51. The Balaban J connectivity index is 0.000000212. The topological polar surface area (TPSA) is 247 Å². The van der Waals surface area contributed by atoms with Gasteiger partial charge in [-0.2, -0.15) is 0 Å². The summed E-state index contributed by atoms with van der Waals surface area (Å²) in [5.74, 6) is -5.11. The highest BCUT2D eigenvalue weighted by atomic mass is 35.5. The van der Waals surface area contributed by atoms with E-state index in [-0.39, 0.29) is 72.8 Å². The van der Waals surface area contributed by atoms with E-state index in [0.717, 1.165) is 86.5 Å². The molecule has 6 aromatic rings. The molecule has 6 aromatic carbocycles. The average molecular weight is 1440 g/mol. The predicted octanol–water partition coefficient (Wildman–Crippen LogP) is 15.0. The smallest absolute Gasteiger partial charge is 0.410 e. The Morgan fingerprint density at radius 3 is 1.47 bits per heavy atom. The summed E-state index contributed by atoms with van der Waals surface area (Å²) in [7, 11) is 3.85. The van der Waals surface area contributed by atoms with Gasteiger partial charge in [0.2, 0.25) is 17.7 Å². The van der Waals surface area contributed by atoms with Gasteiger partial charge in [-0.15, -0.1) is 23.5 Å². The first-order valence-corrected chi connectivity index (χ1v) is 36.4. The van der Waals surface area contributed by atoms with Crippen molar-refractivity contribution in [3.05, 3.63) is 167 Å². The van der Waals surface area contributed by atoms with Crippen LogP contribution in [0.4, 0.5) is 32.3 Å². The van der Waals surface area contributed by atoms with E-state index in [1.807, 2.05) is 146 Å². The molecule has 11 rings (SSSR count). The molecule has 2 saturated heterocycles. The van der Waals surface area contributed by atoms with Gasteiger partial charge in [0, 0.05) is 73.5 Å². The number of halogens is 1. The molecular formula is C78H92ClN7O13S2. The Labute approximate surface area is 605 Å². The van der Waals surface area contributed by atoms with Crippen LogP contribution in [0.15, 0.2) is 166 Å².